The molecule has 0 aliphatic carbocycles. The maximum absolute atomic E-state index is 12.9. The number of hydrogen-bond donors (Lipinski definition) is 3. The van der Waals surface area contributed by atoms with E-state index in [2.05, 4.69) is 34.1 Å². The van der Waals surface area contributed by atoms with Gasteiger partial charge in [0.15, 0.2) is 0 Å². The molecule has 3 aromatic rings. The lowest BCUT2D eigenvalue weighted by Crippen LogP contribution is -2.46. The molecule has 3 atom stereocenters. The molecule has 2 aromatic heterocycles. The summed E-state index contributed by atoms with van der Waals surface area (Å²) in [5.74, 6) is -0.933. The second-order valence-electron chi connectivity index (χ2n) is 8.38. The van der Waals surface area contributed by atoms with Gasteiger partial charge in [0.05, 0.1) is 40.6 Å². The van der Waals surface area contributed by atoms with Crippen LogP contribution in [0.1, 0.15) is 49.3 Å². The number of nitrogens with two attached hydrogens (primary N) is 1. The van der Waals surface area contributed by atoms with Gasteiger partial charge in [0.2, 0.25) is 5.91 Å². The van der Waals surface area contributed by atoms with E-state index >= 15 is 0 Å². The third kappa shape index (κ3) is 6.54. The van der Waals surface area contributed by atoms with Gasteiger partial charge in [-0.1, -0.05) is 32.4 Å². The van der Waals surface area contributed by atoms with Crippen LogP contribution in [-0.2, 0) is 11.2 Å². The molecule has 32 heavy (non-hydrogen) atoms. The molecule has 0 unspecified atom stereocenters. The molecule has 0 fully saturated rings. The average molecular weight is 456 g/mol. The maximum Gasteiger partial charge on any atom is 0.271 e. The quantitative estimate of drug-likeness (QED) is 0.407. The summed E-state index contributed by atoms with van der Waals surface area (Å²) in [6.07, 6.45) is 2.36. The molecule has 0 bridgehead atoms. The first-order chi connectivity index (χ1) is 15.3. The monoisotopic (exact) mass is 455 g/mol. The zero-order valence-electron chi connectivity index (χ0n) is 18.3. The highest BCUT2D eigenvalue weighted by Gasteiger charge is 2.28. The Morgan fingerprint density at radius 1 is 1.16 bits per heavy atom. The molecule has 8 nitrogen and oxygen atoms in total. The number of carbonyl (C=O) groups is 2. The summed E-state index contributed by atoms with van der Waals surface area (Å²) in [6, 6.07) is 6.63. The number of benzene rings is 1. The van der Waals surface area contributed by atoms with Gasteiger partial charge in [-0.15, -0.1) is 11.3 Å². The van der Waals surface area contributed by atoms with Crippen LogP contribution in [0, 0.1) is 11.8 Å². The van der Waals surface area contributed by atoms with E-state index in [0.717, 1.165) is 12.1 Å². The van der Waals surface area contributed by atoms with Crippen molar-refractivity contribution in [3.05, 3.63) is 52.7 Å². The summed E-state index contributed by atoms with van der Waals surface area (Å²) < 4.78 is 0. The number of rotatable bonds is 11. The van der Waals surface area contributed by atoms with Crippen molar-refractivity contribution in [2.45, 2.75) is 51.7 Å². The highest BCUT2D eigenvalue weighted by atomic mass is 32.1. The first-order valence-corrected chi connectivity index (χ1v) is 11.6. The van der Waals surface area contributed by atoms with Gasteiger partial charge in [-0.05, 0) is 30.9 Å². The number of para-hydroxylation sites is 2. The summed E-state index contributed by atoms with van der Waals surface area (Å²) in [5.41, 5.74) is 9.50. The minimum Gasteiger partial charge on any atom is -0.391 e. The number of fused-ring (bicyclic) bond motifs is 1. The number of aliphatic hydroxyl groups excluding tert-OH is 1. The Morgan fingerprint density at radius 3 is 2.56 bits per heavy atom. The van der Waals surface area contributed by atoms with Gasteiger partial charge in [-0.25, -0.2) is 9.97 Å². The van der Waals surface area contributed by atoms with Gasteiger partial charge in [0.25, 0.3) is 5.91 Å². The molecular formula is C23H29N5O3S. The summed E-state index contributed by atoms with van der Waals surface area (Å²) in [4.78, 5) is 37.8. The van der Waals surface area contributed by atoms with E-state index in [0.29, 0.717) is 29.8 Å². The van der Waals surface area contributed by atoms with Crippen molar-refractivity contribution < 1.29 is 14.7 Å². The van der Waals surface area contributed by atoms with Crippen LogP contribution in [0.25, 0.3) is 11.0 Å². The standard InChI is InChI=1S/C23H29N5O3S/c1-14(2)7-8-15(22(24)30)9-21(29)19(10-16-12-32-13-26-16)28-23(31)20-11-25-17-5-3-4-6-18(17)27-20/h3-6,11-15,19,21,29H,7-10H2,1-2H3,(H2,24,30)(H,28,31)/t15-,19+,21+/m1/s1. The van der Waals surface area contributed by atoms with E-state index in [1.54, 1.807) is 11.6 Å². The second kappa shape index (κ2) is 11.1. The second-order valence-corrected chi connectivity index (χ2v) is 9.10. The van der Waals surface area contributed by atoms with Crippen LogP contribution in [0.2, 0.25) is 0 Å². The van der Waals surface area contributed by atoms with Crippen molar-refractivity contribution >= 4 is 34.2 Å². The molecule has 0 aliphatic rings. The Balaban J connectivity index is 1.76. The van der Waals surface area contributed by atoms with Gasteiger partial charge >= 0.3 is 0 Å². The topological polar surface area (TPSA) is 131 Å². The van der Waals surface area contributed by atoms with E-state index in [4.69, 9.17) is 5.73 Å². The molecule has 0 radical (unpaired) electrons. The molecule has 0 spiro atoms. The fraction of sp³-hybridized carbons (Fsp3) is 0.435. The molecule has 2 amide bonds. The van der Waals surface area contributed by atoms with Crippen molar-refractivity contribution in [3.63, 3.8) is 0 Å². The predicted octanol–water partition coefficient (Wildman–Crippen LogP) is 2.72. The van der Waals surface area contributed by atoms with Crippen molar-refractivity contribution in [2.24, 2.45) is 17.6 Å². The number of carbonyl (C=O) groups excluding carboxylic acids is 2. The van der Waals surface area contributed by atoms with Crippen LogP contribution in [0.5, 0.6) is 0 Å². The number of nitrogens with zero attached hydrogens (tertiary/aromatic N) is 3. The first-order valence-electron chi connectivity index (χ1n) is 10.7. The van der Waals surface area contributed by atoms with Gasteiger partial charge in [-0.2, -0.15) is 0 Å². The van der Waals surface area contributed by atoms with E-state index < -0.39 is 29.9 Å². The Bertz CT molecular complexity index is 1040. The van der Waals surface area contributed by atoms with Gasteiger partial charge in [0.1, 0.15) is 5.69 Å². The number of nitrogens with one attached hydrogen (secondary N) is 1. The molecule has 170 valence electrons. The number of aromatic nitrogens is 3. The lowest BCUT2D eigenvalue weighted by atomic mass is 9.89. The lowest BCUT2D eigenvalue weighted by molar-refractivity contribution is -0.123. The summed E-state index contributed by atoms with van der Waals surface area (Å²) in [7, 11) is 0. The zero-order chi connectivity index (χ0) is 23.1. The number of primary amides is 1. The molecule has 9 heteroatoms. The largest absolute Gasteiger partial charge is 0.391 e. The van der Waals surface area contributed by atoms with Crippen LogP contribution in [-0.4, -0.2) is 44.0 Å². The van der Waals surface area contributed by atoms with Crippen LogP contribution < -0.4 is 11.1 Å². The molecule has 2 heterocycles. The molecule has 0 saturated heterocycles. The summed E-state index contributed by atoms with van der Waals surface area (Å²) in [5, 5.41) is 15.7. The summed E-state index contributed by atoms with van der Waals surface area (Å²) >= 11 is 1.44. The smallest absolute Gasteiger partial charge is 0.271 e. The molecule has 0 saturated carbocycles. The number of aliphatic hydroxyl groups is 1. The minimum absolute atomic E-state index is 0.158. The van der Waals surface area contributed by atoms with Crippen molar-refractivity contribution in [1.82, 2.24) is 20.3 Å². The third-order valence-electron chi connectivity index (χ3n) is 5.40. The summed E-state index contributed by atoms with van der Waals surface area (Å²) in [6.45, 7) is 4.15. The van der Waals surface area contributed by atoms with Gasteiger partial charge < -0.3 is 16.2 Å². The van der Waals surface area contributed by atoms with Crippen LogP contribution >= 0.6 is 11.3 Å². The van der Waals surface area contributed by atoms with Gasteiger partial charge in [-0.3, -0.25) is 14.6 Å². The number of amides is 2. The Labute approximate surface area is 191 Å². The molecule has 3 rings (SSSR count). The van der Waals surface area contributed by atoms with Crippen molar-refractivity contribution in [2.75, 3.05) is 0 Å². The van der Waals surface area contributed by atoms with E-state index in [-0.39, 0.29) is 12.1 Å². The van der Waals surface area contributed by atoms with Crippen LogP contribution in [0.3, 0.4) is 0 Å². The SMILES string of the molecule is CC(C)CC[C@H](C[C@H](O)[C@H](Cc1cscn1)NC(=O)c1cnc2ccccc2n1)C(N)=O. The highest BCUT2D eigenvalue weighted by molar-refractivity contribution is 7.07. The normalized spacial score (nSPS) is 14.2. The predicted molar refractivity (Wildman–Crippen MR) is 124 cm³/mol. The Morgan fingerprint density at radius 2 is 1.91 bits per heavy atom. The minimum atomic E-state index is -0.973. The van der Waals surface area contributed by atoms with E-state index in [1.165, 1.54) is 17.5 Å². The van der Waals surface area contributed by atoms with Crippen molar-refractivity contribution in [3.8, 4) is 0 Å². The van der Waals surface area contributed by atoms with Gasteiger partial charge in [0, 0.05) is 17.7 Å². The van der Waals surface area contributed by atoms with Crippen molar-refractivity contribution in [1.29, 1.82) is 0 Å². The lowest BCUT2D eigenvalue weighted by Gasteiger charge is -2.26. The first kappa shape index (κ1) is 23.7. The third-order valence-corrected chi connectivity index (χ3v) is 6.03. The van der Waals surface area contributed by atoms with E-state index in [1.807, 2.05) is 23.6 Å². The van der Waals surface area contributed by atoms with Crippen LogP contribution in [0.4, 0.5) is 0 Å². The number of hydrogen-bond acceptors (Lipinski definition) is 7. The average Bonchev–Trinajstić information content (AvgIpc) is 3.28. The molecule has 1 aromatic carbocycles. The molecular weight excluding hydrogens is 426 g/mol. The fourth-order valence-electron chi connectivity index (χ4n) is 3.52. The Hall–Kier alpha value is -2.91. The Kier molecular flexibility index (Phi) is 8.24. The number of thiazole rings is 1. The maximum atomic E-state index is 12.9. The fourth-order valence-corrected chi connectivity index (χ4v) is 4.09. The molecule has 4 N–H and O–H groups in total. The van der Waals surface area contributed by atoms with E-state index in [9.17, 15) is 14.7 Å². The zero-order valence-corrected chi connectivity index (χ0v) is 19.1. The highest BCUT2D eigenvalue weighted by Crippen LogP contribution is 2.20. The molecule has 0 aliphatic heterocycles. The van der Waals surface area contributed by atoms with Crippen LogP contribution in [0.15, 0.2) is 41.4 Å².